The van der Waals surface area contributed by atoms with Gasteiger partial charge in [0.05, 0.1) is 36.5 Å². The quantitative estimate of drug-likeness (QED) is 0.351. The number of carbonyl (C=O) groups excluding carboxylic acids is 1. The number of nitrogens with zero attached hydrogens (tertiary/aromatic N) is 1. The van der Waals surface area contributed by atoms with Gasteiger partial charge in [0, 0.05) is 10.9 Å². The highest BCUT2D eigenvalue weighted by molar-refractivity contribution is 7.80. The number of esters is 1. The number of thiophene rings is 1. The molecule has 0 saturated heterocycles. The Hall–Kier alpha value is -2.72. The number of nitrogens with one attached hydrogen (secondary N) is 2. The second kappa shape index (κ2) is 7.90. The van der Waals surface area contributed by atoms with E-state index >= 15 is 0 Å². The van der Waals surface area contributed by atoms with Gasteiger partial charge in [-0.25, -0.2) is 4.79 Å². The molecule has 0 bridgehead atoms. The fourth-order valence-electron chi connectivity index (χ4n) is 2.02. The van der Waals surface area contributed by atoms with Crippen molar-refractivity contribution in [2.24, 2.45) is 0 Å². The van der Waals surface area contributed by atoms with E-state index in [1.54, 1.807) is 6.07 Å². The van der Waals surface area contributed by atoms with E-state index < -0.39 is 10.9 Å². The molecule has 0 atom stereocenters. The molecule has 8 nitrogen and oxygen atoms in total. The number of ether oxygens (including phenoxy) is 2. The molecule has 1 aromatic heterocycles. The van der Waals surface area contributed by atoms with Gasteiger partial charge < -0.3 is 20.1 Å². The minimum Gasteiger partial charge on any atom is -0.494 e. The Kier molecular flexibility index (Phi) is 5.88. The average molecular weight is 381 g/mol. The SMILES string of the molecule is COC(=O)c1cc(C)sc1NC(=S)Nc1ccc([N+](=O)[O-])cc1OC. The third kappa shape index (κ3) is 4.43. The number of benzene rings is 1. The first-order valence-corrected chi connectivity index (χ1v) is 8.17. The van der Waals surface area contributed by atoms with Crippen molar-refractivity contribution in [2.75, 3.05) is 24.9 Å². The van der Waals surface area contributed by atoms with E-state index in [2.05, 4.69) is 10.6 Å². The molecular formula is C15H15N3O5S2. The fraction of sp³-hybridized carbons (Fsp3) is 0.200. The van der Waals surface area contributed by atoms with Crippen LogP contribution in [0.5, 0.6) is 5.75 Å². The maximum Gasteiger partial charge on any atom is 0.340 e. The van der Waals surface area contributed by atoms with Crippen molar-refractivity contribution in [1.29, 1.82) is 0 Å². The summed E-state index contributed by atoms with van der Waals surface area (Å²) in [4.78, 5) is 23.0. The largest absolute Gasteiger partial charge is 0.494 e. The van der Waals surface area contributed by atoms with E-state index in [1.165, 1.54) is 43.8 Å². The fourth-order valence-corrected chi connectivity index (χ4v) is 3.20. The Morgan fingerprint density at radius 3 is 2.60 bits per heavy atom. The monoisotopic (exact) mass is 381 g/mol. The van der Waals surface area contributed by atoms with Crippen molar-refractivity contribution in [3.8, 4) is 5.75 Å². The first-order valence-electron chi connectivity index (χ1n) is 6.95. The standard InChI is InChI=1S/C15H15N3O5S2/c1-8-6-10(14(19)23-3)13(25-8)17-15(24)16-11-5-4-9(18(20)21)7-12(11)22-2/h4-7H,1-3H3,(H2,16,17,24). The number of aryl methyl sites for hydroxylation is 1. The molecule has 0 aliphatic heterocycles. The lowest BCUT2D eigenvalue weighted by Gasteiger charge is -2.13. The minimum atomic E-state index is -0.514. The van der Waals surface area contributed by atoms with Gasteiger partial charge in [0.1, 0.15) is 10.8 Å². The number of nitro groups is 1. The highest BCUT2D eigenvalue weighted by Crippen LogP contribution is 2.31. The summed E-state index contributed by atoms with van der Waals surface area (Å²) in [5.74, 6) is -0.198. The molecule has 1 heterocycles. The van der Waals surface area contributed by atoms with Crippen LogP contribution in [0, 0.1) is 17.0 Å². The normalized spacial score (nSPS) is 10.0. The summed E-state index contributed by atoms with van der Waals surface area (Å²) in [7, 11) is 2.70. The van der Waals surface area contributed by atoms with E-state index in [4.69, 9.17) is 21.7 Å². The summed E-state index contributed by atoms with van der Waals surface area (Å²) in [5.41, 5.74) is 0.742. The lowest BCUT2D eigenvalue weighted by atomic mass is 10.2. The van der Waals surface area contributed by atoms with Crippen LogP contribution in [-0.4, -0.2) is 30.2 Å². The maximum atomic E-state index is 11.8. The molecule has 0 aliphatic carbocycles. The lowest BCUT2D eigenvalue weighted by molar-refractivity contribution is -0.384. The number of methoxy groups -OCH3 is 2. The van der Waals surface area contributed by atoms with Gasteiger partial charge in [0.2, 0.25) is 0 Å². The topological polar surface area (TPSA) is 103 Å². The molecule has 132 valence electrons. The molecule has 0 fully saturated rings. The third-order valence-corrected chi connectivity index (χ3v) is 4.30. The molecule has 0 radical (unpaired) electrons. The summed E-state index contributed by atoms with van der Waals surface area (Å²) in [6.07, 6.45) is 0. The van der Waals surface area contributed by atoms with Crippen molar-refractivity contribution >= 4 is 51.0 Å². The van der Waals surface area contributed by atoms with Gasteiger partial charge in [0.15, 0.2) is 5.11 Å². The average Bonchev–Trinajstić information content (AvgIpc) is 2.94. The van der Waals surface area contributed by atoms with E-state index in [-0.39, 0.29) is 16.5 Å². The molecule has 10 heteroatoms. The molecule has 2 rings (SSSR count). The summed E-state index contributed by atoms with van der Waals surface area (Å²) in [6.45, 7) is 1.86. The van der Waals surface area contributed by atoms with Crippen LogP contribution in [0.15, 0.2) is 24.3 Å². The Morgan fingerprint density at radius 2 is 2.00 bits per heavy atom. The number of anilines is 2. The Balaban J connectivity index is 2.18. The van der Waals surface area contributed by atoms with Gasteiger partial charge in [-0.3, -0.25) is 10.1 Å². The second-order valence-electron chi connectivity index (χ2n) is 4.81. The van der Waals surface area contributed by atoms with Crippen molar-refractivity contribution < 1.29 is 19.2 Å². The summed E-state index contributed by atoms with van der Waals surface area (Å²) >= 11 is 6.60. The van der Waals surface area contributed by atoms with Crippen molar-refractivity contribution in [3.63, 3.8) is 0 Å². The molecule has 0 aliphatic rings. The summed E-state index contributed by atoms with van der Waals surface area (Å²) < 4.78 is 9.89. The van der Waals surface area contributed by atoms with E-state index in [0.29, 0.717) is 16.3 Å². The maximum absolute atomic E-state index is 11.8. The van der Waals surface area contributed by atoms with Crippen LogP contribution >= 0.6 is 23.6 Å². The van der Waals surface area contributed by atoms with Gasteiger partial charge >= 0.3 is 5.97 Å². The van der Waals surface area contributed by atoms with Crippen LogP contribution in [-0.2, 0) is 4.74 Å². The van der Waals surface area contributed by atoms with Crippen LogP contribution in [0.1, 0.15) is 15.2 Å². The molecule has 25 heavy (non-hydrogen) atoms. The van der Waals surface area contributed by atoms with Crippen molar-refractivity contribution in [2.45, 2.75) is 6.92 Å². The third-order valence-electron chi connectivity index (χ3n) is 3.13. The molecule has 0 spiro atoms. The molecule has 2 N–H and O–H groups in total. The number of carbonyl (C=O) groups is 1. The number of rotatable bonds is 5. The predicted octanol–water partition coefficient (Wildman–Crippen LogP) is 3.57. The van der Waals surface area contributed by atoms with Crippen LogP contribution in [0.3, 0.4) is 0 Å². The summed E-state index contributed by atoms with van der Waals surface area (Å²) in [6, 6.07) is 5.82. The first kappa shape index (κ1) is 18.6. The molecule has 2 aromatic rings. The zero-order valence-corrected chi connectivity index (χ0v) is 15.2. The molecule has 0 saturated carbocycles. The van der Waals surface area contributed by atoms with Gasteiger partial charge in [-0.05, 0) is 31.3 Å². The number of hydrogen-bond acceptors (Lipinski definition) is 7. The smallest absolute Gasteiger partial charge is 0.340 e. The van der Waals surface area contributed by atoms with Crippen LogP contribution < -0.4 is 15.4 Å². The van der Waals surface area contributed by atoms with Gasteiger partial charge in [-0.1, -0.05) is 0 Å². The summed E-state index contributed by atoms with van der Waals surface area (Å²) in [5, 5.41) is 17.4. The second-order valence-corrected chi connectivity index (χ2v) is 6.48. The molecule has 0 amide bonds. The van der Waals surface area contributed by atoms with Crippen LogP contribution in [0.25, 0.3) is 0 Å². The van der Waals surface area contributed by atoms with Gasteiger partial charge in [-0.15, -0.1) is 11.3 Å². The highest BCUT2D eigenvalue weighted by Gasteiger charge is 2.17. The number of nitro benzene ring substituents is 1. The first-order chi connectivity index (χ1) is 11.8. The van der Waals surface area contributed by atoms with Gasteiger partial charge in [-0.2, -0.15) is 0 Å². The Bertz CT molecular complexity index is 835. The molecule has 0 unspecified atom stereocenters. The predicted molar refractivity (Wildman–Crippen MR) is 99.9 cm³/mol. The van der Waals surface area contributed by atoms with Gasteiger partial charge in [0.25, 0.3) is 5.69 Å². The number of thiocarbonyl (C=S) groups is 1. The molecular weight excluding hydrogens is 366 g/mol. The van der Waals surface area contributed by atoms with Crippen molar-refractivity contribution in [1.82, 2.24) is 0 Å². The zero-order chi connectivity index (χ0) is 18.6. The Labute approximate surface area is 152 Å². The highest BCUT2D eigenvalue weighted by atomic mass is 32.1. The molecule has 1 aromatic carbocycles. The van der Waals surface area contributed by atoms with Crippen molar-refractivity contribution in [3.05, 3.63) is 44.8 Å². The zero-order valence-electron chi connectivity index (χ0n) is 13.6. The number of hydrogen-bond donors (Lipinski definition) is 2. The van der Waals surface area contributed by atoms with E-state index in [1.807, 2.05) is 6.92 Å². The van der Waals surface area contributed by atoms with Crippen LogP contribution in [0.4, 0.5) is 16.4 Å². The Morgan fingerprint density at radius 1 is 1.28 bits per heavy atom. The lowest BCUT2D eigenvalue weighted by Crippen LogP contribution is -2.20. The van der Waals surface area contributed by atoms with E-state index in [0.717, 1.165) is 4.88 Å². The number of non-ortho nitro benzene ring substituents is 1. The minimum absolute atomic E-state index is 0.0943. The van der Waals surface area contributed by atoms with E-state index in [9.17, 15) is 14.9 Å². The van der Waals surface area contributed by atoms with Crippen LogP contribution in [0.2, 0.25) is 0 Å².